The molecule has 43 heavy (non-hydrogen) atoms. The Balaban J connectivity index is 1.43. The summed E-state index contributed by atoms with van der Waals surface area (Å²) in [7, 11) is -1.71. The summed E-state index contributed by atoms with van der Waals surface area (Å²) in [6, 6.07) is 22.7. The Hall–Kier alpha value is -4.50. The number of piperazine rings is 1. The second kappa shape index (κ2) is 12.4. The summed E-state index contributed by atoms with van der Waals surface area (Å²) in [5.74, 6) is 0.572. The van der Waals surface area contributed by atoms with Crippen molar-refractivity contribution in [3.05, 3.63) is 90.4 Å². The fourth-order valence-electron chi connectivity index (χ4n) is 4.78. The van der Waals surface area contributed by atoms with Crippen LogP contribution in [0.25, 0.3) is 16.0 Å². The zero-order valence-electron chi connectivity index (χ0n) is 24.8. The second-order valence-corrected chi connectivity index (χ2v) is 13.3. The quantitative estimate of drug-likeness (QED) is 0.212. The average Bonchev–Trinajstić information content (AvgIpc) is 2.97. The lowest BCUT2D eigenvalue weighted by Crippen LogP contribution is -2.44. The smallest absolute Gasteiger partial charge is 0.246 e. The zero-order valence-corrected chi connectivity index (χ0v) is 25.6. The number of sulfonamides is 1. The Bertz CT molecular complexity index is 1720. The molecule has 222 valence electrons. The van der Waals surface area contributed by atoms with Crippen LogP contribution in [-0.2, 0) is 10.0 Å². The van der Waals surface area contributed by atoms with E-state index in [2.05, 4.69) is 59.1 Å². The van der Waals surface area contributed by atoms with Crippen molar-refractivity contribution in [3.8, 4) is 11.1 Å². The minimum absolute atomic E-state index is 0.100. The van der Waals surface area contributed by atoms with Gasteiger partial charge in [-0.15, -0.1) is 0 Å². The van der Waals surface area contributed by atoms with Gasteiger partial charge in [-0.25, -0.2) is 28.0 Å². The van der Waals surface area contributed by atoms with E-state index in [0.717, 1.165) is 43.1 Å². The van der Waals surface area contributed by atoms with Gasteiger partial charge in [0.1, 0.15) is 5.82 Å². The molecule has 0 atom stereocenters. The average molecular weight is 597 g/mol. The highest BCUT2D eigenvalue weighted by atomic mass is 32.2. The number of hydrogen-bond acceptors (Lipinski definition) is 8. The third-order valence-electron chi connectivity index (χ3n) is 6.91. The molecule has 0 spiro atoms. The van der Waals surface area contributed by atoms with Crippen LogP contribution in [0.3, 0.4) is 0 Å². The number of nitrogens with zero attached hydrogens (tertiary/aromatic N) is 5. The number of nitrogens with one attached hydrogen (secondary N) is 3. The minimum Gasteiger partial charge on any atom is -0.369 e. The van der Waals surface area contributed by atoms with E-state index in [9.17, 15) is 8.42 Å². The first-order valence-electron chi connectivity index (χ1n) is 14.1. The number of hydrogen-bond donors (Lipinski definition) is 3. The van der Waals surface area contributed by atoms with Crippen LogP contribution in [0, 0.1) is 6.57 Å². The van der Waals surface area contributed by atoms with Gasteiger partial charge in [-0.1, -0.05) is 30.3 Å². The Labute approximate surface area is 253 Å². The van der Waals surface area contributed by atoms with Crippen molar-refractivity contribution in [1.82, 2.24) is 19.6 Å². The van der Waals surface area contributed by atoms with E-state index in [4.69, 9.17) is 6.57 Å². The third kappa shape index (κ3) is 7.67. The topological polar surface area (TPSA) is 107 Å². The van der Waals surface area contributed by atoms with Crippen LogP contribution in [0.1, 0.15) is 20.8 Å². The second-order valence-electron chi connectivity index (χ2n) is 11.6. The predicted octanol–water partition coefficient (Wildman–Crippen LogP) is 6.01. The van der Waals surface area contributed by atoms with Gasteiger partial charge in [-0.2, -0.15) is 0 Å². The highest BCUT2D eigenvalue weighted by Crippen LogP contribution is 2.32. The van der Waals surface area contributed by atoms with E-state index in [1.807, 2.05) is 48.5 Å². The SMILES string of the molecule is [C-]#[N+]c1cnc(Nc2ccc(N3CCN(C)CC3)cc2)nc1Nc1cc(-c2ccccc2)cc(S(=O)(=O)NC(C)(C)C)c1. The van der Waals surface area contributed by atoms with Crippen molar-refractivity contribution in [2.45, 2.75) is 31.2 Å². The number of aromatic nitrogens is 2. The molecule has 0 unspecified atom stereocenters. The van der Waals surface area contributed by atoms with Gasteiger partial charge in [-0.05, 0) is 81.4 Å². The Morgan fingerprint density at radius 1 is 0.860 bits per heavy atom. The predicted molar refractivity (Wildman–Crippen MR) is 173 cm³/mol. The molecule has 1 fully saturated rings. The molecule has 4 aromatic rings. The van der Waals surface area contributed by atoms with Gasteiger partial charge < -0.3 is 20.4 Å². The van der Waals surface area contributed by atoms with Gasteiger partial charge in [0.05, 0.1) is 11.5 Å². The lowest BCUT2D eigenvalue weighted by molar-refractivity contribution is 0.313. The molecule has 3 aromatic carbocycles. The molecule has 0 aliphatic carbocycles. The molecule has 0 bridgehead atoms. The van der Waals surface area contributed by atoms with Crippen LogP contribution in [0.5, 0.6) is 0 Å². The van der Waals surface area contributed by atoms with Crippen molar-refractivity contribution in [1.29, 1.82) is 0 Å². The highest BCUT2D eigenvalue weighted by Gasteiger charge is 2.23. The third-order valence-corrected chi connectivity index (χ3v) is 8.65. The molecule has 0 saturated carbocycles. The maximum atomic E-state index is 13.3. The maximum Gasteiger partial charge on any atom is 0.246 e. The molecule has 0 amide bonds. The minimum atomic E-state index is -3.84. The van der Waals surface area contributed by atoms with Crippen molar-refractivity contribution in [2.75, 3.05) is 48.8 Å². The molecular weight excluding hydrogens is 560 g/mol. The van der Waals surface area contributed by atoms with Gasteiger partial charge in [-0.3, -0.25) is 0 Å². The van der Waals surface area contributed by atoms with E-state index < -0.39 is 15.6 Å². The number of benzene rings is 3. The molecular formula is C32H36N8O2S. The van der Waals surface area contributed by atoms with Crippen molar-refractivity contribution >= 4 is 44.5 Å². The van der Waals surface area contributed by atoms with Gasteiger partial charge in [0, 0.05) is 55.0 Å². The molecule has 5 rings (SSSR count). The summed E-state index contributed by atoms with van der Waals surface area (Å²) in [6.07, 6.45) is 1.45. The van der Waals surface area contributed by atoms with Gasteiger partial charge >= 0.3 is 0 Å². The van der Waals surface area contributed by atoms with Crippen molar-refractivity contribution in [3.63, 3.8) is 0 Å². The summed E-state index contributed by atoms with van der Waals surface area (Å²) in [5, 5.41) is 6.40. The van der Waals surface area contributed by atoms with E-state index in [1.165, 1.54) is 6.20 Å². The standard InChI is InChI=1S/C32H36N8O2S/c1-32(2,3)38-43(41,42)28-20-24(23-9-7-6-8-10-23)19-26(21-28)35-30-29(33-4)22-34-31(37-30)36-25-11-13-27(14-12-25)40-17-15-39(5)16-18-40/h6-14,19-22,38H,15-18H2,1-3,5H3,(H2,34,35,36,37). The van der Waals surface area contributed by atoms with Crippen LogP contribution in [0.15, 0.2) is 83.9 Å². The van der Waals surface area contributed by atoms with E-state index in [0.29, 0.717) is 17.2 Å². The van der Waals surface area contributed by atoms with Crippen LogP contribution in [0.4, 0.5) is 34.5 Å². The summed E-state index contributed by atoms with van der Waals surface area (Å²) in [4.78, 5) is 17.3. The lowest BCUT2D eigenvalue weighted by Gasteiger charge is -2.34. The molecule has 1 aliphatic rings. The zero-order chi connectivity index (χ0) is 30.6. The van der Waals surface area contributed by atoms with E-state index >= 15 is 0 Å². The highest BCUT2D eigenvalue weighted by molar-refractivity contribution is 7.89. The molecule has 1 aromatic heterocycles. The number of rotatable bonds is 8. The fourth-order valence-corrected chi connectivity index (χ4v) is 6.27. The summed E-state index contributed by atoms with van der Waals surface area (Å²) in [6.45, 7) is 17.1. The normalized spacial score (nSPS) is 14.3. The molecule has 2 heterocycles. The summed E-state index contributed by atoms with van der Waals surface area (Å²) in [5.41, 5.74) is 3.55. The van der Waals surface area contributed by atoms with E-state index in [-0.39, 0.29) is 16.4 Å². The first-order valence-corrected chi connectivity index (χ1v) is 15.5. The molecule has 10 nitrogen and oxygen atoms in total. The molecule has 1 saturated heterocycles. The van der Waals surface area contributed by atoms with Crippen molar-refractivity contribution in [2.24, 2.45) is 0 Å². The summed E-state index contributed by atoms with van der Waals surface area (Å²) < 4.78 is 29.4. The van der Waals surface area contributed by atoms with Gasteiger partial charge in [0.2, 0.25) is 21.7 Å². The van der Waals surface area contributed by atoms with Crippen LogP contribution in [0.2, 0.25) is 0 Å². The largest absolute Gasteiger partial charge is 0.369 e. The van der Waals surface area contributed by atoms with Crippen molar-refractivity contribution < 1.29 is 8.42 Å². The van der Waals surface area contributed by atoms with E-state index in [1.54, 1.807) is 32.9 Å². The first kappa shape index (κ1) is 30.0. The summed E-state index contributed by atoms with van der Waals surface area (Å²) >= 11 is 0. The van der Waals surface area contributed by atoms with Gasteiger partial charge in [0.15, 0.2) is 0 Å². The molecule has 11 heteroatoms. The van der Waals surface area contributed by atoms with Crippen LogP contribution < -0.4 is 20.3 Å². The Morgan fingerprint density at radius 3 is 2.21 bits per heavy atom. The van der Waals surface area contributed by atoms with Gasteiger partial charge in [0.25, 0.3) is 0 Å². The monoisotopic (exact) mass is 596 g/mol. The molecule has 0 radical (unpaired) electrons. The Kier molecular flexibility index (Phi) is 8.64. The lowest BCUT2D eigenvalue weighted by atomic mass is 10.1. The van der Waals surface area contributed by atoms with Crippen LogP contribution >= 0.6 is 0 Å². The Morgan fingerprint density at radius 2 is 1.56 bits per heavy atom. The number of likely N-dealkylation sites (N-methyl/N-ethyl adjacent to an activating group) is 1. The van der Waals surface area contributed by atoms with Crippen LogP contribution in [-0.4, -0.2) is 62.1 Å². The molecule has 3 N–H and O–H groups in total. The number of anilines is 5. The fraction of sp³-hybridized carbons (Fsp3) is 0.281. The molecule has 1 aliphatic heterocycles. The maximum absolute atomic E-state index is 13.3. The first-order chi connectivity index (χ1) is 20.5.